The summed E-state index contributed by atoms with van der Waals surface area (Å²) >= 11 is 0. The Morgan fingerprint density at radius 2 is 0.925 bits per heavy atom. The largest absolute Gasteiger partial charge is 0.309 e. The van der Waals surface area contributed by atoms with Gasteiger partial charge in [-0.05, 0) is 68.4 Å². The fourth-order valence-corrected chi connectivity index (χ4v) is 8.38. The predicted molar refractivity (Wildman–Crippen MR) is 223 cm³/mol. The number of hydrogen-bond acceptors (Lipinski definition) is 2. The van der Waals surface area contributed by atoms with Crippen molar-refractivity contribution >= 4 is 65.0 Å². The molecule has 0 fully saturated rings. The molecule has 246 valence electrons. The first kappa shape index (κ1) is 29.6. The van der Waals surface area contributed by atoms with Gasteiger partial charge in [-0.25, -0.2) is 9.97 Å². The van der Waals surface area contributed by atoms with Crippen LogP contribution in [0, 0.1) is 0 Å². The molecule has 0 bridgehead atoms. The molecule has 9 aromatic carbocycles. The van der Waals surface area contributed by atoms with E-state index >= 15 is 0 Å². The maximum Gasteiger partial charge on any atom is 0.161 e. The Bertz CT molecular complexity index is 3140. The molecular formula is C50H31N3. The molecule has 0 aliphatic carbocycles. The van der Waals surface area contributed by atoms with E-state index in [-0.39, 0.29) is 0 Å². The van der Waals surface area contributed by atoms with Crippen molar-refractivity contribution in [1.29, 1.82) is 0 Å². The second kappa shape index (κ2) is 11.7. The molecule has 0 amide bonds. The zero-order valence-electron chi connectivity index (χ0n) is 28.7. The van der Waals surface area contributed by atoms with E-state index in [0.717, 1.165) is 49.7 Å². The van der Waals surface area contributed by atoms with E-state index in [2.05, 4.69) is 193 Å². The lowest BCUT2D eigenvalue weighted by Crippen LogP contribution is -1.98. The first-order chi connectivity index (χ1) is 26.3. The van der Waals surface area contributed by atoms with Crippen LogP contribution in [0.2, 0.25) is 0 Å². The van der Waals surface area contributed by atoms with Crippen LogP contribution >= 0.6 is 0 Å². The van der Waals surface area contributed by atoms with Crippen molar-refractivity contribution in [3.05, 3.63) is 188 Å². The lowest BCUT2D eigenvalue weighted by molar-refractivity contribution is 1.20. The van der Waals surface area contributed by atoms with Crippen molar-refractivity contribution < 1.29 is 0 Å². The Labute approximate surface area is 306 Å². The van der Waals surface area contributed by atoms with Gasteiger partial charge < -0.3 is 4.57 Å². The number of benzene rings is 9. The van der Waals surface area contributed by atoms with Crippen molar-refractivity contribution in [3.63, 3.8) is 0 Å². The number of rotatable bonds is 4. The second-order valence-corrected chi connectivity index (χ2v) is 13.7. The van der Waals surface area contributed by atoms with Gasteiger partial charge in [-0.15, -0.1) is 0 Å². The van der Waals surface area contributed by atoms with Crippen molar-refractivity contribution in [3.8, 4) is 39.5 Å². The molecule has 11 rings (SSSR count). The second-order valence-electron chi connectivity index (χ2n) is 13.7. The van der Waals surface area contributed by atoms with Gasteiger partial charge >= 0.3 is 0 Å². The monoisotopic (exact) mass is 673 g/mol. The van der Waals surface area contributed by atoms with Gasteiger partial charge in [-0.3, -0.25) is 0 Å². The lowest BCUT2D eigenvalue weighted by atomic mass is 9.99. The van der Waals surface area contributed by atoms with E-state index in [9.17, 15) is 0 Å². The molecule has 0 N–H and O–H groups in total. The SMILES string of the molecule is c1ccc(-c2cccc(-c3nc(-c4cccc5c(-n6c7ccc8ccccc8c7c7c8ccccc8ccc76)cccc45)nc4ccccc34)c2)cc1. The minimum atomic E-state index is 0.714. The third kappa shape index (κ3) is 4.61. The van der Waals surface area contributed by atoms with Crippen molar-refractivity contribution in [1.82, 2.24) is 14.5 Å². The normalized spacial score (nSPS) is 11.8. The highest BCUT2D eigenvalue weighted by atomic mass is 15.0. The van der Waals surface area contributed by atoms with Crippen LogP contribution < -0.4 is 0 Å². The summed E-state index contributed by atoms with van der Waals surface area (Å²) in [5, 5.41) is 10.9. The van der Waals surface area contributed by atoms with Crippen LogP contribution in [0.1, 0.15) is 0 Å². The number of nitrogens with zero attached hydrogens (tertiary/aromatic N) is 3. The van der Waals surface area contributed by atoms with Gasteiger partial charge in [0.2, 0.25) is 0 Å². The van der Waals surface area contributed by atoms with Crippen molar-refractivity contribution in [2.75, 3.05) is 0 Å². The number of hydrogen-bond donors (Lipinski definition) is 0. The Hall–Kier alpha value is -7.10. The summed E-state index contributed by atoms with van der Waals surface area (Å²) in [6.07, 6.45) is 0. The van der Waals surface area contributed by atoms with E-state index in [1.807, 2.05) is 0 Å². The standard InChI is InChI=1S/C50H31N3/c1-2-13-32(14-3-1)35-17-10-18-36(31-35)49-42-21-8-9-25-43(42)51-50(52-49)41-24-11-23-40-39(41)22-12-26-44(40)53-45-29-27-33-15-4-6-19-37(33)47(45)48-38-20-7-5-16-34(38)28-30-46(48)53/h1-31H. The Morgan fingerprint density at radius 3 is 1.68 bits per heavy atom. The van der Waals surface area contributed by atoms with E-state index < -0.39 is 0 Å². The molecule has 0 saturated carbocycles. The minimum Gasteiger partial charge on any atom is -0.309 e. The molecule has 11 aromatic rings. The summed E-state index contributed by atoms with van der Waals surface area (Å²) in [6, 6.07) is 67.3. The maximum absolute atomic E-state index is 5.37. The van der Waals surface area contributed by atoms with Gasteiger partial charge in [0.1, 0.15) is 0 Å². The molecule has 2 heterocycles. The van der Waals surface area contributed by atoms with Gasteiger partial charge in [-0.2, -0.15) is 0 Å². The Balaban J connectivity index is 1.17. The van der Waals surface area contributed by atoms with E-state index in [4.69, 9.17) is 9.97 Å². The summed E-state index contributed by atoms with van der Waals surface area (Å²) in [6.45, 7) is 0. The maximum atomic E-state index is 5.37. The molecule has 3 nitrogen and oxygen atoms in total. The zero-order chi connectivity index (χ0) is 34.9. The summed E-state index contributed by atoms with van der Waals surface area (Å²) in [4.78, 5) is 10.6. The molecule has 0 atom stereocenters. The molecule has 0 aliphatic rings. The molecular weight excluding hydrogens is 643 g/mol. The van der Waals surface area contributed by atoms with Crippen LogP contribution in [0.4, 0.5) is 0 Å². The highest BCUT2D eigenvalue weighted by molar-refractivity contribution is 6.28. The number of fused-ring (bicyclic) bond motifs is 9. The average Bonchev–Trinajstić information content (AvgIpc) is 3.58. The molecule has 0 aliphatic heterocycles. The third-order valence-corrected chi connectivity index (χ3v) is 10.8. The molecule has 53 heavy (non-hydrogen) atoms. The van der Waals surface area contributed by atoms with E-state index in [1.54, 1.807) is 0 Å². The first-order valence-electron chi connectivity index (χ1n) is 18.1. The van der Waals surface area contributed by atoms with Gasteiger partial charge in [0.05, 0.1) is 27.9 Å². The summed E-state index contributed by atoms with van der Waals surface area (Å²) in [5.41, 5.74) is 9.78. The average molecular weight is 674 g/mol. The van der Waals surface area contributed by atoms with Gasteiger partial charge in [0.15, 0.2) is 5.82 Å². The van der Waals surface area contributed by atoms with E-state index in [1.165, 1.54) is 48.9 Å². The topological polar surface area (TPSA) is 30.7 Å². The fraction of sp³-hybridized carbons (Fsp3) is 0. The number of para-hydroxylation sites is 1. The summed E-state index contributed by atoms with van der Waals surface area (Å²) < 4.78 is 2.46. The number of aromatic nitrogens is 3. The zero-order valence-corrected chi connectivity index (χ0v) is 28.7. The highest BCUT2D eigenvalue weighted by Crippen LogP contribution is 2.42. The third-order valence-electron chi connectivity index (χ3n) is 10.8. The van der Waals surface area contributed by atoms with Crippen LogP contribution in [-0.2, 0) is 0 Å². The molecule has 0 spiro atoms. The van der Waals surface area contributed by atoms with E-state index in [0.29, 0.717) is 5.82 Å². The first-order valence-corrected chi connectivity index (χ1v) is 18.1. The summed E-state index contributed by atoms with van der Waals surface area (Å²) in [7, 11) is 0. The van der Waals surface area contributed by atoms with Gasteiger partial charge in [0, 0.05) is 32.7 Å². The molecule has 0 saturated heterocycles. The fourth-order valence-electron chi connectivity index (χ4n) is 8.38. The molecule has 0 radical (unpaired) electrons. The van der Waals surface area contributed by atoms with Crippen LogP contribution in [0.3, 0.4) is 0 Å². The van der Waals surface area contributed by atoms with Crippen LogP contribution in [-0.4, -0.2) is 14.5 Å². The van der Waals surface area contributed by atoms with Crippen LogP contribution in [0.15, 0.2) is 188 Å². The Morgan fingerprint density at radius 1 is 0.358 bits per heavy atom. The quantitative estimate of drug-likeness (QED) is 0.186. The highest BCUT2D eigenvalue weighted by Gasteiger charge is 2.20. The molecule has 2 aromatic heterocycles. The lowest BCUT2D eigenvalue weighted by Gasteiger charge is -2.15. The van der Waals surface area contributed by atoms with Crippen LogP contribution in [0.25, 0.3) is 104 Å². The smallest absolute Gasteiger partial charge is 0.161 e. The minimum absolute atomic E-state index is 0.714. The van der Waals surface area contributed by atoms with Crippen molar-refractivity contribution in [2.24, 2.45) is 0 Å². The molecule has 0 unspecified atom stereocenters. The molecule has 3 heteroatoms. The summed E-state index contributed by atoms with van der Waals surface area (Å²) in [5.74, 6) is 0.714. The van der Waals surface area contributed by atoms with Crippen LogP contribution in [0.5, 0.6) is 0 Å². The predicted octanol–water partition coefficient (Wildman–Crippen LogP) is 13.2. The Kier molecular flexibility index (Phi) is 6.55. The van der Waals surface area contributed by atoms with Crippen molar-refractivity contribution in [2.45, 2.75) is 0 Å². The van der Waals surface area contributed by atoms with Gasteiger partial charge in [0.25, 0.3) is 0 Å². The van der Waals surface area contributed by atoms with Gasteiger partial charge in [-0.1, -0.05) is 158 Å².